The molecule has 5 aromatic rings. The predicted octanol–water partition coefficient (Wildman–Crippen LogP) is 4.70. The molecule has 4 heterocycles. The highest BCUT2D eigenvalue weighted by atomic mass is 35.5. The number of aliphatic hydroxyl groups is 1. The second-order valence-corrected chi connectivity index (χ2v) is 12.0. The highest BCUT2D eigenvalue weighted by Gasteiger charge is 2.33. The van der Waals surface area contributed by atoms with Gasteiger partial charge in [-0.05, 0) is 37.0 Å². The molecule has 9 nitrogen and oxygen atoms in total. The van der Waals surface area contributed by atoms with Crippen molar-refractivity contribution in [3.05, 3.63) is 87.3 Å². The fraction of sp³-hybridized carbons (Fsp3) is 0.333. The van der Waals surface area contributed by atoms with Gasteiger partial charge in [0.05, 0.1) is 34.1 Å². The number of rotatable bonds is 7. The van der Waals surface area contributed by atoms with Crippen LogP contribution in [-0.4, -0.2) is 53.0 Å². The largest absolute Gasteiger partial charge is 0.388 e. The number of benzene rings is 2. The second-order valence-electron chi connectivity index (χ2n) is 10.8. The fourth-order valence-electron chi connectivity index (χ4n) is 5.50. The standard InChI is InChI=1S/C30H32FN7O2S.2ClH/c1-19-33-15-25(41-19)22-7-8-23(24(31)13-22)16-37-11-9-30(40,10-12-37)17-38-18-34-26-27(29(38)39)35-36(2)28(26)21-5-3-20(14-32)4-6-21;;/h3-8,13,15,18,40H,9-12,14,16-17,32H2,1-2H3;2*1H. The number of likely N-dealkylation sites (tertiary alicyclic amines) is 1. The number of piperidine rings is 1. The van der Waals surface area contributed by atoms with Crippen molar-refractivity contribution in [3.8, 4) is 21.7 Å². The van der Waals surface area contributed by atoms with Gasteiger partial charge in [0, 0.05) is 50.6 Å². The molecule has 0 amide bonds. The van der Waals surface area contributed by atoms with Crippen LogP contribution in [0.4, 0.5) is 4.39 Å². The molecule has 1 fully saturated rings. The lowest BCUT2D eigenvalue weighted by molar-refractivity contribution is -0.0366. The number of fused-ring (bicyclic) bond motifs is 1. The van der Waals surface area contributed by atoms with E-state index < -0.39 is 5.60 Å². The molecule has 0 bridgehead atoms. The first-order valence-corrected chi connectivity index (χ1v) is 14.4. The van der Waals surface area contributed by atoms with Crippen LogP contribution in [0.3, 0.4) is 0 Å². The highest BCUT2D eigenvalue weighted by Crippen LogP contribution is 2.30. The quantitative estimate of drug-likeness (QED) is 0.264. The molecule has 6 rings (SSSR count). The summed E-state index contributed by atoms with van der Waals surface area (Å²) in [6.45, 7) is 4.14. The van der Waals surface area contributed by atoms with E-state index in [4.69, 9.17) is 5.73 Å². The summed E-state index contributed by atoms with van der Waals surface area (Å²) in [6, 6.07) is 13.1. The number of aryl methyl sites for hydroxylation is 2. The van der Waals surface area contributed by atoms with Gasteiger partial charge in [-0.25, -0.2) is 14.4 Å². The summed E-state index contributed by atoms with van der Waals surface area (Å²) < 4.78 is 18.0. The van der Waals surface area contributed by atoms with E-state index in [0.717, 1.165) is 32.3 Å². The third-order valence-electron chi connectivity index (χ3n) is 7.88. The molecule has 1 saturated heterocycles. The molecule has 0 unspecified atom stereocenters. The molecule has 0 saturated carbocycles. The van der Waals surface area contributed by atoms with Crippen LogP contribution in [-0.2, 0) is 26.7 Å². The first-order valence-electron chi connectivity index (χ1n) is 13.6. The van der Waals surface area contributed by atoms with Crippen molar-refractivity contribution in [3.63, 3.8) is 0 Å². The summed E-state index contributed by atoms with van der Waals surface area (Å²) in [4.78, 5) is 25.3. The van der Waals surface area contributed by atoms with Crippen LogP contribution in [0.2, 0.25) is 0 Å². The zero-order valence-corrected chi connectivity index (χ0v) is 26.3. The van der Waals surface area contributed by atoms with Crippen molar-refractivity contribution in [1.82, 2.24) is 29.2 Å². The number of nitrogens with zero attached hydrogens (tertiary/aromatic N) is 6. The summed E-state index contributed by atoms with van der Waals surface area (Å²) in [7, 11) is 1.79. The third-order valence-corrected chi connectivity index (χ3v) is 8.84. The molecule has 3 aromatic heterocycles. The first-order chi connectivity index (χ1) is 19.7. The number of aromatic nitrogens is 5. The Morgan fingerprint density at radius 2 is 1.74 bits per heavy atom. The molecule has 0 atom stereocenters. The van der Waals surface area contributed by atoms with Gasteiger partial charge in [-0.3, -0.25) is 18.9 Å². The Bertz CT molecular complexity index is 1780. The number of nitrogens with two attached hydrogens (primary N) is 1. The Balaban J connectivity index is 0.00000212. The van der Waals surface area contributed by atoms with Gasteiger partial charge in [0.1, 0.15) is 11.3 Å². The van der Waals surface area contributed by atoms with Crippen molar-refractivity contribution >= 4 is 47.2 Å². The van der Waals surface area contributed by atoms with E-state index in [9.17, 15) is 14.3 Å². The van der Waals surface area contributed by atoms with Crippen LogP contribution in [0.1, 0.15) is 29.0 Å². The molecule has 1 aliphatic rings. The molecule has 0 aliphatic carbocycles. The Morgan fingerprint density at radius 1 is 1.05 bits per heavy atom. The van der Waals surface area contributed by atoms with E-state index in [1.165, 1.54) is 10.9 Å². The molecular formula is C30H34Cl2FN7O2S. The topological polar surface area (TPSA) is 115 Å². The first kappa shape index (κ1) is 32.7. The van der Waals surface area contributed by atoms with Crippen molar-refractivity contribution in [1.29, 1.82) is 0 Å². The lowest BCUT2D eigenvalue weighted by Crippen LogP contribution is -2.47. The zero-order chi connectivity index (χ0) is 28.7. The average molecular weight is 647 g/mol. The van der Waals surface area contributed by atoms with Gasteiger partial charge < -0.3 is 10.8 Å². The van der Waals surface area contributed by atoms with Crippen molar-refractivity contribution in [2.75, 3.05) is 13.1 Å². The van der Waals surface area contributed by atoms with Crippen LogP contribution >= 0.6 is 36.2 Å². The maximum absolute atomic E-state index is 14.9. The maximum atomic E-state index is 14.9. The molecule has 0 radical (unpaired) electrons. The lowest BCUT2D eigenvalue weighted by Gasteiger charge is -2.38. The summed E-state index contributed by atoms with van der Waals surface area (Å²) in [5, 5.41) is 16.8. The second kappa shape index (κ2) is 13.2. The van der Waals surface area contributed by atoms with Crippen molar-refractivity contribution < 1.29 is 9.50 Å². The minimum atomic E-state index is -1.07. The number of hydrogen-bond acceptors (Lipinski definition) is 8. The van der Waals surface area contributed by atoms with Crippen molar-refractivity contribution in [2.24, 2.45) is 12.8 Å². The summed E-state index contributed by atoms with van der Waals surface area (Å²) in [5.41, 5.74) is 9.26. The maximum Gasteiger partial charge on any atom is 0.281 e. The summed E-state index contributed by atoms with van der Waals surface area (Å²) in [5.74, 6) is -0.245. The van der Waals surface area contributed by atoms with Crippen molar-refractivity contribution in [2.45, 2.75) is 45.0 Å². The van der Waals surface area contributed by atoms with Crippen LogP contribution in [0.15, 0.2) is 59.8 Å². The normalized spacial score (nSPS) is 14.8. The fourth-order valence-corrected chi connectivity index (χ4v) is 6.27. The van der Waals surface area contributed by atoms with Crippen LogP contribution < -0.4 is 11.3 Å². The SMILES string of the molecule is Cc1ncc(-c2ccc(CN3CCC(O)(Cn4cnc5c(-c6ccc(CN)cc6)n(C)nc5c4=O)CC3)c(F)c2)s1.Cl.Cl. The molecule has 2 aromatic carbocycles. The highest BCUT2D eigenvalue weighted by molar-refractivity contribution is 7.15. The minimum absolute atomic E-state index is 0. The Hall–Kier alpha value is -3.19. The smallest absolute Gasteiger partial charge is 0.281 e. The average Bonchev–Trinajstić information content (AvgIpc) is 3.55. The summed E-state index contributed by atoms with van der Waals surface area (Å²) >= 11 is 1.54. The molecule has 3 N–H and O–H groups in total. The van der Waals surface area contributed by atoms with E-state index in [-0.39, 0.29) is 48.3 Å². The van der Waals surface area contributed by atoms with E-state index >= 15 is 0 Å². The van der Waals surface area contributed by atoms with Gasteiger partial charge >= 0.3 is 0 Å². The third kappa shape index (κ3) is 6.67. The van der Waals surface area contributed by atoms with Gasteiger partial charge in [-0.15, -0.1) is 36.2 Å². The number of halogens is 3. The number of thiazole rings is 1. The monoisotopic (exact) mass is 645 g/mol. The molecular weight excluding hydrogens is 612 g/mol. The molecule has 1 aliphatic heterocycles. The van der Waals surface area contributed by atoms with E-state index in [0.29, 0.717) is 50.1 Å². The Morgan fingerprint density at radius 3 is 2.37 bits per heavy atom. The molecule has 13 heteroatoms. The minimum Gasteiger partial charge on any atom is -0.388 e. The van der Waals surface area contributed by atoms with Crippen LogP contribution in [0.5, 0.6) is 0 Å². The van der Waals surface area contributed by atoms with Crippen LogP contribution in [0, 0.1) is 12.7 Å². The van der Waals surface area contributed by atoms with Gasteiger partial charge in [0.25, 0.3) is 5.56 Å². The zero-order valence-electron chi connectivity index (χ0n) is 23.9. The number of hydrogen-bond donors (Lipinski definition) is 2. The van der Waals surface area contributed by atoms with Crippen LogP contribution in [0.25, 0.3) is 32.7 Å². The van der Waals surface area contributed by atoms with Gasteiger partial charge in [0.15, 0.2) is 5.52 Å². The molecule has 228 valence electrons. The van der Waals surface area contributed by atoms with Gasteiger partial charge in [-0.1, -0.05) is 36.4 Å². The Kier molecular flexibility index (Phi) is 10.1. The molecule has 0 spiro atoms. The predicted molar refractivity (Wildman–Crippen MR) is 172 cm³/mol. The van der Waals surface area contributed by atoms with E-state index in [2.05, 4.69) is 20.0 Å². The van der Waals surface area contributed by atoms with E-state index in [1.54, 1.807) is 35.3 Å². The lowest BCUT2D eigenvalue weighted by atomic mass is 9.91. The van der Waals surface area contributed by atoms with Gasteiger partial charge in [0.2, 0.25) is 0 Å². The van der Waals surface area contributed by atoms with E-state index in [1.807, 2.05) is 43.3 Å². The Labute approximate surface area is 265 Å². The summed E-state index contributed by atoms with van der Waals surface area (Å²) in [6.07, 6.45) is 4.18. The molecule has 43 heavy (non-hydrogen) atoms. The van der Waals surface area contributed by atoms with Gasteiger partial charge in [-0.2, -0.15) is 5.10 Å².